The minimum Gasteiger partial charge on any atom is -0.497 e. The fraction of sp³-hybridized carbons (Fsp3) is 0.241. The Morgan fingerprint density at radius 2 is 1.68 bits per heavy atom. The largest absolute Gasteiger partial charge is 0.497 e. The van der Waals surface area contributed by atoms with E-state index in [9.17, 15) is 9.59 Å². The molecule has 10 nitrogen and oxygen atoms in total. The third kappa shape index (κ3) is 7.92. The Morgan fingerprint density at radius 1 is 0.927 bits per heavy atom. The zero-order chi connectivity index (χ0) is 29.4. The maximum Gasteiger partial charge on any atom is 0.258 e. The number of aromatic nitrogens is 3. The lowest BCUT2D eigenvalue weighted by Gasteiger charge is -2.15. The summed E-state index contributed by atoms with van der Waals surface area (Å²) in [5.74, 6) is 1.61. The van der Waals surface area contributed by atoms with E-state index in [2.05, 4.69) is 20.8 Å². The van der Waals surface area contributed by atoms with Gasteiger partial charge in [-0.2, -0.15) is 0 Å². The quantitative estimate of drug-likeness (QED) is 0.220. The molecule has 1 heterocycles. The maximum atomic E-state index is 12.8. The van der Waals surface area contributed by atoms with Crippen LogP contribution in [0.25, 0.3) is 5.69 Å². The molecule has 0 fully saturated rings. The van der Waals surface area contributed by atoms with E-state index < -0.39 is 0 Å². The van der Waals surface area contributed by atoms with Crippen LogP contribution in [0.1, 0.15) is 17.0 Å². The lowest BCUT2D eigenvalue weighted by molar-refractivity contribution is -0.123. The normalized spacial score (nSPS) is 10.7. The minimum absolute atomic E-state index is 0.0470. The Balaban J connectivity index is 1.52. The Labute approximate surface area is 247 Å². The minimum atomic E-state index is -0.353. The summed E-state index contributed by atoms with van der Waals surface area (Å²) in [6.07, 6.45) is 0. The fourth-order valence-corrected chi connectivity index (χ4v) is 4.71. The summed E-state index contributed by atoms with van der Waals surface area (Å²) in [5.41, 5.74) is 3.37. The number of nitrogens with one attached hydrogen (secondary N) is 2. The first-order valence-electron chi connectivity index (χ1n) is 12.6. The number of aryl methyl sites for hydroxylation is 2. The van der Waals surface area contributed by atoms with Gasteiger partial charge < -0.3 is 24.8 Å². The molecule has 0 bridgehead atoms. The third-order valence-electron chi connectivity index (χ3n) is 5.95. The van der Waals surface area contributed by atoms with Crippen LogP contribution in [0.3, 0.4) is 0 Å². The molecule has 12 heteroatoms. The molecule has 0 saturated carbocycles. The molecule has 0 aliphatic carbocycles. The molecule has 214 valence electrons. The SMILES string of the molecule is COc1ccc(OC)c(-n2c(CNC(=O)COc3ccc(Cl)cc3)nnc2SCC(=O)Nc2cc(C)ccc2C)c1. The molecule has 0 unspecified atom stereocenters. The number of carbonyl (C=O) groups excluding carboxylic acids is 2. The van der Waals surface area contributed by atoms with Crippen LogP contribution in [0.4, 0.5) is 5.69 Å². The highest BCUT2D eigenvalue weighted by Gasteiger charge is 2.20. The van der Waals surface area contributed by atoms with Crippen LogP contribution in [0.15, 0.2) is 65.8 Å². The Bertz CT molecular complexity index is 1530. The molecule has 3 aromatic carbocycles. The summed E-state index contributed by atoms with van der Waals surface area (Å²) in [7, 11) is 3.11. The monoisotopic (exact) mass is 595 g/mol. The van der Waals surface area contributed by atoms with Gasteiger partial charge in [-0.15, -0.1) is 10.2 Å². The summed E-state index contributed by atoms with van der Waals surface area (Å²) in [6, 6.07) is 17.9. The van der Waals surface area contributed by atoms with Gasteiger partial charge in [-0.3, -0.25) is 14.2 Å². The summed E-state index contributed by atoms with van der Waals surface area (Å²) in [6.45, 7) is 3.76. The van der Waals surface area contributed by atoms with E-state index in [1.165, 1.54) is 11.8 Å². The summed E-state index contributed by atoms with van der Waals surface area (Å²) in [5, 5.41) is 15.4. The van der Waals surface area contributed by atoms with Crippen LogP contribution in [0.2, 0.25) is 5.02 Å². The molecule has 0 radical (unpaired) electrons. The van der Waals surface area contributed by atoms with Crippen molar-refractivity contribution in [3.8, 4) is 22.9 Å². The van der Waals surface area contributed by atoms with Crippen LogP contribution in [0, 0.1) is 13.8 Å². The maximum absolute atomic E-state index is 12.8. The molecular weight excluding hydrogens is 566 g/mol. The molecule has 2 N–H and O–H groups in total. The van der Waals surface area contributed by atoms with Gasteiger partial charge in [-0.05, 0) is 67.4 Å². The van der Waals surface area contributed by atoms with Crippen molar-refractivity contribution < 1.29 is 23.8 Å². The predicted molar refractivity (Wildman–Crippen MR) is 159 cm³/mol. The molecule has 0 aliphatic rings. The molecule has 0 atom stereocenters. The highest BCUT2D eigenvalue weighted by Crippen LogP contribution is 2.32. The van der Waals surface area contributed by atoms with Crippen LogP contribution < -0.4 is 24.8 Å². The number of methoxy groups -OCH3 is 2. The van der Waals surface area contributed by atoms with Crippen molar-refractivity contribution in [1.82, 2.24) is 20.1 Å². The number of amides is 2. The van der Waals surface area contributed by atoms with Crippen molar-refractivity contribution >= 4 is 40.9 Å². The molecule has 2 amide bonds. The first-order valence-corrected chi connectivity index (χ1v) is 14.0. The van der Waals surface area contributed by atoms with Gasteiger partial charge in [0.1, 0.15) is 17.2 Å². The van der Waals surface area contributed by atoms with E-state index in [-0.39, 0.29) is 30.7 Å². The topological polar surface area (TPSA) is 117 Å². The predicted octanol–water partition coefficient (Wildman–Crippen LogP) is 4.98. The zero-order valence-electron chi connectivity index (χ0n) is 23.1. The number of rotatable bonds is 12. The Morgan fingerprint density at radius 3 is 2.41 bits per heavy atom. The van der Waals surface area contributed by atoms with Crippen molar-refractivity contribution in [2.45, 2.75) is 25.5 Å². The van der Waals surface area contributed by atoms with Crippen LogP contribution >= 0.6 is 23.4 Å². The number of hydrogen-bond donors (Lipinski definition) is 2. The molecule has 4 rings (SSSR count). The van der Waals surface area contributed by atoms with Crippen LogP contribution in [0.5, 0.6) is 17.2 Å². The number of benzene rings is 3. The first kappa shape index (κ1) is 29.8. The van der Waals surface area contributed by atoms with Gasteiger partial charge in [-0.25, -0.2) is 0 Å². The number of halogens is 1. The number of hydrogen-bond acceptors (Lipinski definition) is 8. The van der Waals surface area contributed by atoms with Crippen molar-refractivity contribution in [2.24, 2.45) is 0 Å². The van der Waals surface area contributed by atoms with E-state index in [1.807, 2.05) is 32.0 Å². The lowest BCUT2D eigenvalue weighted by Crippen LogP contribution is -2.29. The van der Waals surface area contributed by atoms with Crippen molar-refractivity contribution in [3.05, 3.63) is 82.6 Å². The van der Waals surface area contributed by atoms with Gasteiger partial charge >= 0.3 is 0 Å². The lowest BCUT2D eigenvalue weighted by atomic mass is 10.1. The van der Waals surface area contributed by atoms with E-state index in [0.717, 1.165) is 16.8 Å². The summed E-state index contributed by atoms with van der Waals surface area (Å²) in [4.78, 5) is 25.4. The highest BCUT2D eigenvalue weighted by atomic mass is 35.5. The van der Waals surface area contributed by atoms with E-state index in [4.69, 9.17) is 25.8 Å². The van der Waals surface area contributed by atoms with Crippen molar-refractivity contribution in [2.75, 3.05) is 31.9 Å². The van der Waals surface area contributed by atoms with Gasteiger partial charge in [0.15, 0.2) is 17.6 Å². The Hall–Kier alpha value is -4.22. The standard InChI is InChI=1S/C29H30ClN5O5S/c1-18-5-6-19(2)23(13-18)32-28(37)17-41-29-34-33-26(35(29)24-14-22(38-3)11-12-25(24)39-4)15-31-27(36)16-40-21-9-7-20(30)8-10-21/h5-14H,15-17H2,1-4H3,(H,31,36)(H,32,37). The van der Waals surface area contributed by atoms with Gasteiger partial charge in [0.25, 0.3) is 5.91 Å². The molecule has 1 aromatic heterocycles. The number of thioether (sulfide) groups is 1. The average molecular weight is 596 g/mol. The number of ether oxygens (including phenoxy) is 3. The summed E-state index contributed by atoms with van der Waals surface area (Å²) >= 11 is 7.11. The summed E-state index contributed by atoms with van der Waals surface area (Å²) < 4.78 is 18.3. The van der Waals surface area contributed by atoms with E-state index in [1.54, 1.807) is 61.3 Å². The molecule has 41 heavy (non-hydrogen) atoms. The molecule has 0 saturated heterocycles. The van der Waals surface area contributed by atoms with Crippen LogP contribution in [-0.2, 0) is 16.1 Å². The number of nitrogens with zero attached hydrogens (tertiary/aromatic N) is 3. The molecular formula is C29H30ClN5O5S. The van der Waals surface area contributed by atoms with Crippen molar-refractivity contribution in [1.29, 1.82) is 0 Å². The smallest absolute Gasteiger partial charge is 0.258 e. The number of anilines is 1. The molecule has 4 aromatic rings. The van der Waals surface area contributed by atoms with Gasteiger partial charge in [0.2, 0.25) is 5.91 Å². The zero-order valence-corrected chi connectivity index (χ0v) is 24.6. The Kier molecular flexibility index (Phi) is 10.1. The first-order chi connectivity index (χ1) is 19.8. The van der Waals surface area contributed by atoms with Gasteiger partial charge in [-0.1, -0.05) is 35.5 Å². The molecule has 0 aliphatic heterocycles. The third-order valence-corrected chi connectivity index (χ3v) is 7.13. The van der Waals surface area contributed by atoms with Crippen molar-refractivity contribution in [3.63, 3.8) is 0 Å². The average Bonchev–Trinajstić information content (AvgIpc) is 3.38. The second-order valence-corrected chi connectivity index (χ2v) is 10.3. The van der Waals surface area contributed by atoms with E-state index >= 15 is 0 Å². The van der Waals surface area contributed by atoms with E-state index in [0.29, 0.717) is 38.9 Å². The van der Waals surface area contributed by atoms with Crippen LogP contribution in [-0.4, -0.2) is 53.2 Å². The van der Waals surface area contributed by atoms with Gasteiger partial charge in [0.05, 0.1) is 32.2 Å². The second kappa shape index (κ2) is 13.9. The fourth-order valence-electron chi connectivity index (χ4n) is 3.82. The number of carbonyl (C=O) groups is 2. The molecule has 0 spiro atoms. The highest BCUT2D eigenvalue weighted by molar-refractivity contribution is 7.99. The van der Waals surface area contributed by atoms with Gasteiger partial charge in [0, 0.05) is 16.8 Å². The second-order valence-electron chi connectivity index (χ2n) is 8.95.